The van der Waals surface area contributed by atoms with Crippen LogP contribution in [-0.2, 0) is 4.79 Å². The Morgan fingerprint density at radius 1 is 0.862 bits per heavy atom. The third-order valence-electron chi connectivity index (χ3n) is 4.63. The second-order valence-electron chi connectivity index (χ2n) is 6.84. The van der Waals surface area contributed by atoms with Crippen LogP contribution in [0.2, 0.25) is 0 Å². The molecule has 0 spiro atoms. The monoisotopic (exact) mass is 390 g/mol. The molecule has 150 valence electrons. The fraction of sp³-hybridized carbons (Fsp3) is 0.217. The van der Waals surface area contributed by atoms with Crippen molar-refractivity contribution in [1.29, 1.82) is 0 Å². The number of rotatable bonds is 9. The number of carbonyl (C=O) groups is 2. The highest BCUT2D eigenvalue weighted by molar-refractivity contribution is 5.94. The SMILES string of the molecule is Nc1ccccc1NC(=O)CCCCCNC(=O)c1ccc(-n2cccc2)cc1. The van der Waals surface area contributed by atoms with E-state index in [0.29, 0.717) is 29.9 Å². The van der Waals surface area contributed by atoms with Gasteiger partial charge in [0.05, 0.1) is 11.4 Å². The number of nitrogens with one attached hydrogen (secondary N) is 2. The highest BCUT2D eigenvalue weighted by Crippen LogP contribution is 2.17. The Balaban J connectivity index is 1.31. The summed E-state index contributed by atoms with van der Waals surface area (Å²) in [7, 11) is 0. The van der Waals surface area contributed by atoms with Crippen molar-refractivity contribution in [2.45, 2.75) is 25.7 Å². The molecular weight excluding hydrogens is 364 g/mol. The van der Waals surface area contributed by atoms with E-state index in [2.05, 4.69) is 10.6 Å². The van der Waals surface area contributed by atoms with Crippen LogP contribution in [0, 0.1) is 0 Å². The molecule has 0 fully saturated rings. The van der Waals surface area contributed by atoms with E-state index in [4.69, 9.17) is 5.73 Å². The average molecular weight is 390 g/mol. The molecule has 0 bridgehead atoms. The zero-order valence-corrected chi connectivity index (χ0v) is 16.3. The third-order valence-corrected chi connectivity index (χ3v) is 4.63. The Labute approximate surface area is 170 Å². The molecule has 0 aliphatic carbocycles. The molecule has 0 aliphatic rings. The molecule has 29 heavy (non-hydrogen) atoms. The molecule has 2 amide bonds. The van der Waals surface area contributed by atoms with Gasteiger partial charge in [0.15, 0.2) is 0 Å². The van der Waals surface area contributed by atoms with Gasteiger partial charge in [-0.2, -0.15) is 0 Å². The van der Waals surface area contributed by atoms with E-state index in [-0.39, 0.29) is 11.8 Å². The summed E-state index contributed by atoms with van der Waals surface area (Å²) in [6.07, 6.45) is 6.82. The van der Waals surface area contributed by atoms with Crippen molar-refractivity contribution in [3.8, 4) is 5.69 Å². The Hall–Kier alpha value is -3.54. The topological polar surface area (TPSA) is 89.2 Å². The maximum atomic E-state index is 12.2. The Bertz CT molecular complexity index is 934. The van der Waals surface area contributed by atoms with Crippen LogP contribution < -0.4 is 16.4 Å². The number of amides is 2. The standard InChI is InChI=1S/C23H26N4O2/c24-20-8-3-4-9-21(20)26-22(28)10-2-1-5-15-25-23(29)18-11-13-19(14-12-18)27-16-6-7-17-27/h3-4,6-9,11-14,16-17H,1-2,5,10,15,24H2,(H,25,29)(H,26,28). The minimum Gasteiger partial charge on any atom is -0.397 e. The number of hydrogen-bond donors (Lipinski definition) is 3. The van der Waals surface area contributed by atoms with Crippen LogP contribution >= 0.6 is 0 Å². The zero-order valence-electron chi connectivity index (χ0n) is 16.3. The first kappa shape index (κ1) is 20.2. The molecule has 0 unspecified atom stereocenters. The average Bonchev–Trinajstić information content (AvgIpc) is 3.27. The minimum absolute atomic E-state index is 0.0466. The van der Waals surface area contributed by atoms with E-state index in [1.54, 1.807) is 12.1 Å². The van der Waals surface area contributed by atoms with Gasteiger partial charge in [0.1, 0.15) is 0 Å². The first-order chi connectivity index (χ1) is 14.1. The molecule has 4 N–H and O–H groups in total. The van der Waals surface area contributed by atoms with Crippen LogP contribution in [0.1, 0.15) is 36.0 Å². The Kier molecular flexibility index (Phi) is 7.05. The van der Waals surface area contributed by atoms with Crippen molar-refractivity contribution in [3.05, 3.63) is 78.6 Å². The first-order valence-corrected chi connectivity index (χ1v) is 9.79. The van der Waals surface area contributed by atoms with E-state index in [0.717, 1.165) is 24.9 Å². The highest BCUT2D eigenvalue weighted by atomic mass is 16.2. The summed E-state index contributed by atoms with van der Waals surface area (Å²) in [5.74, 6) is -0.129. The second-order valence-corrected chi connectivity index (χ2v) is 6.84. The van der Waals surface area contributed by atoms with E-state index in [9.17, 15) is 9.59 Å². The summed E-state index contributed by atoms with van der Waals surface area (Å²) in [5.41, 5.74) is 8.68. The van der Waals surface area contributed by atoms with Crippen molar-refractivity contribution in [3.63, 3.8) is 0 Å². The summed E-state index contributed by atoms with van der Waals surface area (Å²) in [5, 5.41) is 5.75. The summed E-state index contributed by atoms with van der Waals surface area (Å²) in [4.78, 5) is 24.2. The largest absolute Gasteiger partial charge is 0.397 e. The van der Waals surface area contributed by atoms with Gasteiger partial charge in [-0.25, -0.2) is 0 Å². The van der Waals surface area contributed by atoms with Gasteiger partial charge in [0.25, 0.3) is 5.91 Å². The molecule has 6 heteroatoms. The van der Waals surface area contributed by atoms with Crippen molar-refractivity contribution in [2.75, 3.05) is 17.6 Å². The van der Waals surface area contributed by atoms with Gasteiger partial charge < -0.3 is 20.9 Å². The van der Waals surface area contributed by atoms with E-state index < -0.39 is 0 Å². The van der Waals surface area contributed by atoms with Crippen LogP contribution in [-0.4, -0.2) is 22.9 Å². The Morgan fingerprint density at radius 2 is 1.59 bits per heavy atom. The Morgan fingerprint density at radius 3 is 2.31 bits per heavy atom. The van der Waals surface area contributed by atoms with Crippen LogP contribution in [0.3, 0.4) is 0 Å². The van der Waals surface area contributed by atoms with E-state index >= 15 is 0 Å². The van der Waals surface area contributed by atoms with Crippen LogP contribution in [0.25, 0.3) is 5.69 Å². The molecule has 1 aromatic heterocycles. The fourth-order valence-corrected chi connectivity index (χ4v) is 3.01. The summed E-state index contributed by atoms with van der Waals surface area (Å²) >= 11 is 0. The molecule has 0 atom stereocenters. The smallest absolute Gasteiger partial charge is 0.251 e. The lowest BCUT2D eigenvalue weighted by Gasteiger charge is -2.08. The quantitative estimate of drug-likeness (QED) is 0.381. The minimum atomic E-state index is -0.0821. The maximum absolute atomic E-state index is 12.2. The molecule has 3 rings (SSSR count). The zero-order chi connectivity index (χ0) is 20.5. The van der Waals surface area contributed by atoms with Crippen LogP contribution in [0.5, 0.6) is 0 Å². The van der Waals surface area contributed by atoms with E-state index in [1.165, 1.54) is 0 Å². The molecule has 0 saturated carbocycles. The van der Waals surface area contributed by atoms with E-state index in [1.807, 2.05) is 65.5 Å². The lowest BCUT2D eigenvalue weighted by molar-refractivity contribution is -0.116. The molecule has 3 aromatic rings. The van der Waals surface area contributed by atoms with Crippen molar-refractivity contribution < 1.29 is 9.59 Å². The summed E-state index contributed by atoms with van der Waals surface area (Å²) in [6, 6.07) is 18.6. The van der Waals surface area contributed by atoms with Crippen molar-refractivity contribution in [2.24, 2.45) is 0 Å². The molecule has 2 aromatic carbocycles. The van der Waals surface area contributed by atoms with Gasteiger partial charge in [0.2, 0.25) is 5.91 Å². The first-order valence-electron chi connectivity index (χ1n) is 9.79. The summed E-state index contributed by atoms with van der Waals surface area (Å²) < 4.78 is 1.99. The van der Waals surface area contributed by atoms with Gasteiger partial charge in [-0.3, -0.25) is 9.59 Å². The lowest BCUT2D eigenvalue weighted by Crippen LogP contribution is -2.24. The molecule has 0 aliphatic heterocycles. The molecule has 0 saturated heterocycles. The fourth-order valence-electron chi connectivity index (χ4n) is 3.01. The number of anilines is 2. The lowest BCUT2D eigenvalue weighted by atomic mass is 10.1. The van der Waals surface area contributed by atoms with Gasteiger partial charge in [-0.05, 0) is 61.4 Å². The van der Waals surface area contributed by atoms with Gasteiger partial charge in [0, 0.05) is 36.6 Å². The van der Waals surface area contributed by atoms with Gasteiger partial charge >= 0.3 is 0 Å². The second kappa shape index (κ2) is 10.1. The predicted molar refractivity (Wildman–Crippen MR) is 116 cm³/mol. The number of carbonyl (C=O) groups excluding carboxylic acids is 2. The van der Waals surface area contributed by atoms with Crippen molar-refractivity contribution in [1.82, 2.24) is 9.88 Å². The molecule has 0 radical (unpaired) electrons. The number of hydrogen-bond acceptors (Lipinski definition) is 3. The van der Waals surface area contributed by atoms with Crippen LogP contribution in [0.15, 0.2) is 73.1 Å². The number of nitrogens with zero attached hydrogens (tertiary/aromatic N) is 1. The number of nitrogen functional groups attached to an aromatic ring is 1. The predicted octanol–water partition coefficient (Wildman–Crippen LogP) is 3.99. The number of aromatic nitrogens is 1. The number of benzene rings is 2. The van der Waals surface area contributed by atoms with Gasteiger partial charge in [-0.15, -0.1) is 0 Å². The van der Waals surface area contributed by atoms with Crippen LogP contribution in [0.4, 0.5) is 11.4 Å². The molecule has 6 nitrogen and oxygen atoms in total. The molecule has 1 heterocycles. The number of unbranched alkanes of at least 4 members (excludes halogenated alkanes) is 2. The highest BCUT2D eigenvalue weighted by Gasteiger charge is 2.06. The van der Waals surface area contributed by atoms with Gasteiger partial charge in [-0.1, -0.05) is 18.6 Å². The maximum Gasteiger partial charge on any atom is 0.251 e. The van der Waals surface area contributed by atoms with Crippen molar-refractivity contribution >= 4 is 23.2 Å². The third kappa shape index (κ3) is 5.97. The number of para-hydroxylation sites is 2. The molecular formula is C23H26N4O2. The summed E-state index contributed by atoms with van der Waals surface area (Å²) in [6.45, 7) is 0.589. The normalized spacial score (nSPS) is 10.5. The number of nitrogens with two attached hydrogens (primary N) is 1.